The van der Waals surface area contributed by atoms with Crippen molar-refractivity contribution in [2.24, 2.45) is 5.92 Å². The van der Waals surface area contributed by atoms with E-state index in [4.69, 9.17) is 4.74 Å². The van der Waals surface area contributed by atoms with Gasteiger partial charge in [0.05, 0.1) is 9.38 Å². The van der Waals surface area contributed by atoms with Gasteiger partial charge >= 0.3 is 0 Å². The zero-order valence-electron chi connectivity index (χ0n) is 20.7. The third kappa shape index (κ3) is 6.44. The number of carbonyl (C=O) groups is 1. The molecule has 0 aromatic heterocycles. The summed E-state index contributed by atoms with van der Waals surface area (Å²) >= 11 is 8.73. The fraction of sp³-hybridized carbons (Fsp3) is 0.300. The maximum atomic E-state index is 13.7. The molecule has 1 N–H and O–H groups in total. The molecule has 0 bridgehead atoms. The minimum atomic E-state index is -0.122. The van der Waals surface area contributed by atoms with Crippen LogP contribution in [0.1, 0.15) is 43.7 Å². The largest absolute Gasteiger partial charge is 0.488 e. The molecule has 1 amide bonds. The lowest BCUT2D eigenvalue weighted by Crippen LogP contribution is -2.48. The number of nitrogens with one attached hydrogen (secondary N) is 1. The van der Waals surface area contributed by atoms with Crippen LogP contribution in [0.25, 0.3) is 6.08 Å². The molecule has 0 spiro atoms. The number of amides is 1. The molecule has 1 unspecified atom stereocenters. The number of thioether (sulfide) groups is 1. The Morgan fingerprint density at radius 1 is 1.03 bits per heavy atom. The summed E-state index contributed by atoms with van der Waals surface area (Å²) in [7, 11) is 0. The van der Waals surface area contributed by atoms with Gasteiger partial charge in [-0.15, -0.1) is 0 Å². The van der Waals surface area contributed by atoms with Crippen LogP contribution >= 0.6 is 43.6 Å². The molecule has 4 nitrogen and oxygen atoms in total. The predicted octanol–water partition coefficient (Wildman–Crippen LogP) is 8.68. The SMILES string of the molecule is C[C@@H]1CCCC[C@H]1N1C(=O)/C(=C/c2ccc(OCc3ccc(Br)cc3)c(Br)c2)SC1Nc1ccccc1. The summed E-state index contributed by atoms with van der Waals surface area (Å²) in [5, 5.41) is 3.61. The van der Waals surface area contributed by atoms with Gasteiger partial charge in [-0.3, -0.25) is 4.79 Å². The van der Waals surface area contributed by atoms with Crippen molar-refractivity contribution < 1.29 is 9.53 Å². The Labute approximate surface area is 240 Å². The highest BCUT2D eigenvalue weighted by Gasteiger charge is 2.42. The number of hydrogen-bond donors (Lipinski definition) is 1. The first-order valence-electron chi connectivity index (χ1n) is 12.7. The minimum absolute atomic E-state index is 0.115. The molecule has 2 fully saturated rings. The number of anilines is 1. The van der Waals surface area contributed by atoms with Crippen molar-refractivity contribution >= 4 is 61.3 Å². The van der Waals surface area contributed by atoms with Crippen molar-refractivity contribution in [3.63, 3.8) is 0 Å². The number of nitrogens with zero attached hydrogens (tertiary/aromatic N) is 1. The van der Waals surface area contributed by atoms with E-state index in [0.717, 1.165) is 42.8 Å². The molecule has 37 heavy (non-hydrogen) atoms. The van der Waals surface area contributed by atoms with Crippen LogP contribution in [-0.4, -0.2) is 22.3 Å². The van der Waals surface area contributed by atoms with E-state index < -0.39 is 0 Å². The fourth-order valence-corrected chi connectivity index (χ4v) is 6.97. The number of carbonyl (C=O) groups excluding carboxylic acids is 1. The molecule has 1 saturated carbocycles. The Balaban J connectivity index is 1.34. The summed E-state index contributed by atoms with van der Waals surface area (Å²) in [6.45, 7) is 2.77. The summed E-state index contributed by atoms with van der Waals surface area (Å²) in [4.78, 5) is 16.6. The van der Waals surface area contributed by atoms with Crippen LogP contribution in [-0.2, 0) is 11.4 Å². The maximum absolute atomic E-state index is 13.7. The standard InChI is InChI=1S/C30H30Br2N2O2S/c1-20-7-5-6-10-26(20)34-29(35)28(37-30(34)33-24-8-3-2-4-9-24)18-22-13-16-27(25(32)17-22)36-19-21-11-14-23(31)15-12-21/h2-4,8-9,11-18,20,26,30,33H,5-7,10,19H2,1H3/b28-18-/t20-,26-,30?/m1/s1. The molecule has 2 aliphatic rings. The van der Waals surface area contributed by atoms with Crippen molar-refractivity contribution in [3.8, 4) is 5.75 Å². The lowest BCUT2D eigenvalue weighted by Gasteiger charge is -2.39. The summed E-state index contributed by atoms with van der Waals surface area (Å²) in [6.07, 6.45) is 6.66. The van der Waals surface area contributed by atoms with Gasteiger partial charge < -0.3 is 15.0 Å². The van der Waals surface area contributed by atoms with Gasteiger partial charge in [0.2, 0.25) is 0 Å². The van der Waals surface area contributed by atoms with Crippen molar-refractivity contribution in [1.29, 1.82) is 0 Å². The van der Waals surface area contributed by atoms with Crippen LogP contribution in [0.15, 0.2) is 86.6 Å². The quantitative estimate of drug-likeness (QED) is 0.262. The van der Waals surface area contributed by atoms with Gasteiger partial charge in [-0.1, -0.05) is 83.9 Å². The van der Waals surface area contributed by atoms with Crippen LogP contribution in [0.3, 0.4) is 0 Å². The van der Waals surface area contributed by atoms with E-state index >= 15 is 0 Å². The second-order valence-electron chi connectivity index (χ2n) is 9.64. The highest BCUT2D eigenvalue weighted by atomic mass is 79.9. The van der Waals surface area contributed by atoms with Crippen LogP contribution in [0.4, 0.5) is 5.69 Å². The molecule has 1 heterocycles. The average molecular weight is 642 g/mol. The number of para-hydroxylation sites is 1. The van der Waals surface area contributed by atoms with Crippen molar-refractivity contribution in [1.82, 2.24) is 4.90 Å². The Bertz CT molecular complexity index is 1270. The third-order valence-corrected chi connectivity index (χ3v) is 9.25. The molecule has 1 saturated heterocycles. The van der Waals surface area contributed by atoms with E-state index in [1.807, 2.05) is 66.7 Å². The molecular weight excluding hydrogens is 612 g/mol. The van der Waals surface area contributed by atoms with Crippen LogP contribution < -0.4 is 10.1 Å². The number of rotatable bonds is 7. The first-order chi connectivity index (χ1) is 18.0. The molecule has 5 rings (SSSR count). The highest BCUT2D eigenvalue weighted by Crippen LogP contribution is 2.42. The van der Waals surface area contributed by atoms with Gasteiger partial charge in [0.25, 0.3) is 5.91 Å². The van der Waals surface area contributed by atoms with E-state index in [1.165, 1.54) is 19.3 Å². The lowest BCUT2D eigenvalue weighted by molar-refractivity contribution is -0.129. The number of halogens is 2. The zero-order valence-corrected chi connectivity index (χ0v) is 24.7. The summed E-state index contributed by atoms with van der Waals surface area (Å²) in [5.41, 5.74) is 2.97. The smallest absolute Gasteiger partial charge is 0.262 e. The average Bonchev–Trinajstić information content (AvgIpc) is 3.19. The van der Waals surface area contributed by atoms with E-state index in [2.05, 4.69) is 61.1 Å². The fourth-order valence-electron chi connectivity index (χ4n) is 4.98. The summed E-state index contributed by atoms with van der Waals surface area (Å²) in [6, 6.07) is 24.5. The van der Waals surface area contributed by atoms with Gasteiger partial charge in [0, 0.05) is 16.2 Å². The molecular formula is C30H30Br2N2O2S. The molecule has 192 valence electrons. The van der Waals surface area contributed by atoms with Crippen molar-refractivity contribution in [2.75, 3.05) is 5.32 Å². The van der Waals surface area contributed by atoms with Crippen LogP contribution in [0, 0.1) is 5.92 Å². The van der Waals surface area contributed by atoms with E-state index in [0.29, 0.717) is 12.5 Å². The topological polar surface area (TPSA) is 41.6 Å². The van der Waals surface area contributed by atoms with E-state index in [9.17, 15) is 4.79 Å². The monoisotopic (exact) mass is 640 g/mol. The number of benzene rings is 3. The van der Waals surface area contributed by atoms with Gasteiger partial charge in [-0.25, -0.2) is 0 Å². The Kier molecular flexibility index (Phi) is 8.63. The molecule has 1 aliphatic carbocycles. The third-order valence-electron chi connectivity index (χ3n) is 6.99. The van der Waals surface area contributed by atoms with E-state index in [1.54, 1.807) is 11.8 Å². The maximum Gasteiger partial charge on any atom is 0.262 e. The Morgan fingerprint density at radius 3 is 2.51 bits per heavy atom. The predicted molar refractivity (Wildman–Crippen MR) is 160 cm³/mol. The van der Waals surface area contributed by atoms with Gasteiger partial charge in [0.15, 0.2) is 5.50 Å². The normalized spacial score (nSPS) is 22.9. The van der Waals surface area contributed by atoms with Gasteiger partial charge in [0.1, 0.15) is 12.4 Å². The molecule has 7 heteroatoms. The minimum Gasteiger partial charge on any atom is -0.488 e. The van der Waals surface area contributed by atoms with Gasteiger partial charge in [-0.2, -0.15) is 0 Å². The van der Waals surface area contributed by atoms with Crippen molar-refractivity contribution in [3.05, 3.63) is 97.8 Å². The second-order valence-corrected chi connectivity index (χ2v) is 12.5. The second kappa shape index (κ2) is 12.1. The summed E-state index contributed by atoms with van der Waals surface area (Å²) in [5.74, 6) is 1.38. The highest BCUT2D eigenvalue weighted by molar-refractivity contribution is 9.10. The van der Waals surface area contributed by atoms with Crippen molar-refractivity contribution in [2.45, 2.75) is 50.8 Å². The first kappa shape index (κ1) is 26.4. The molecule has 3 aromatic carbocycles. The Morgan fingerprint density at radius 2 is 1.78 bits per heavy atom. The van der Waals surface area contributed by atoms with Crippen LogP contribution in [0.2, 0.25) is 0 Å². The number of hydrogen-bond acceptors (Lipinski definition) is 4. The van der Waals surface area contributed by atoms with Crippen LogP contribution in [0.5, 0.6) is 5.75 Å². The lowest BCUT2D eigenvalue weighted by atomic mass is 9.85. The first-order valence-corrected chi connectivity index (χ1v) is 15.1. The Hall–Kier alpha value is -2.22. The summed E-state index contributed by atoms with van der Waals surface area (Å²) < 4.78 is 7.94. The van der Waals surface area contributed by atoms with E-state index in [-0.39, 0.29) is 17.4 Å². The van der Waals surface area contributed by atoms with Gasteiger partial charge in [-0.05, 0) is 88.3 Å². The molecule has 3 atom stereocenters. The molecule has 0 radical (unpaired) electrons. The number of ether oxygens (including phenoxy) is 1. The zero-order chi connectivity index (χ0) is 25.8. The molecule has 1 aliphatic heterocycles. The molecule has 3 aromatic rings.